The van der Waals surface area contributed by atoms with E-state index in [4.69, 9.17) is 11.6 Å². The second kappa shape index (κ2) is 10.6. The van der Waals surface area contributed by atoms with Crippen molar-refractivity contribution in [3.8, 4) is 0 Å². The highest BCUT2D eigenvalue weighted by Gasteiger charge is 2.26. The molecule has 0 bridgehead atoms. The zero-order chi connectivity index (χ0) is 22.4. The monoisotopic (exact) mass is 443 g/mol. The molecule has 3 rings (SSSR count). The van der Waals surface area contributed by atoms with Crippen LogP contribution in [0.4, 0.5) is 11.5 Å². The summed E-state index contributed by atoms with van der Waals surface area (Å²) in [7, 11) is 2.11. The fourth-order valence-corrected chi connectivity index (χ4v) is 3.56. The summed E-state index contributed by atoms with van der Waals surface area (Å²) in [6.07, 6.45) is 2.42. The molecule has 2 atom stereocenters. The maximum Gasteiger partial charge on any atom is 0.251 e. The summed E-state index contributed by atoms with van der Waals surface area (Å²) < 4.78 is 0. The van der Waals surface area contributed by atoms with Crippen molar-refractivity contribution in [3.63, 3.8) is 0 Å². The molecule has 2 N–H and O–H groups in total. The van der Waals surface area contributed by atoms with Gasteiger partial charge in [0.25, 0.3) is 5.91 Å². The number of nitrogens with zero attached hydrogens (tertiary/aromatic N) is 3. The van der Waals surface area contributed by atoms with Crippen molar-refractivity contribution in [2.24, 2.45) is 5.92 Å². The number of pyridine rings is 1. The first-order valence-electron chi connectivity index (χ1n) is 10.6. The van der Waals surface area contributed by atoms with Gasteiger partial charge in [-0.1, -0.05) is 31.9 Å². The van der Waals surface area contributed by atoms with E-state index in [9.17, 15) is 9.59 Å². The summed E-state index contributed by atoms with van der Waals surface area (Å²) in [5.74, 6) is 0.306. The van der Waals surface area contributed by atoms with Crippen molar-refractivity contribution in [3.05, 3.63) is 53.2 Å². The van der Waals surface area contributed by atoms with Gasteiger partial charge in [-0.2, -0.15) is 0 Å². The molecule has 0 saturated carbocycles. The standard InChI is InChI=1S/C23H30ClN5O2/c1-4-16(2)21(27-22(30)17-5-7-18(24)8-6-17)23(31)26-19-9-10-20(25-15-19)29-13-11-28(3)12-14-29/h5-10,15-16,21H,4,11-14H2,1-3H3,(H,26,31)(H,27,30)/t16-,21-/m1/s1. The van der Waals surface area contributed by atoms with Crippen LogP contribution in [0.1, 0.15) is 30.6 Å². The van der Waals surface area contributed by atoms with Crippen LogP contribution in [0.15, 0.2) is 42.6 Å². The van der Waals surface area contributed by atoms with E-state index >= 15 is 0 Å². The minimum atomic E-state index is -0.662. The molecule has 8 heteroatoms. The number of halogens is 1. The molecule has 0 spiro atoms. The number of rotatable bonds is 7. The lowest BCUT2D eigenvalue weighted by atomic mass is 9.97. The van der Waals surface area contributed by atoms with E-state index in [0.29, 0.717) is 16.3 Å². The summed E-state index contributed by atoms with van der Waals surface area (Å²) >= 11 is 5.90. The summed E-state index contributed by atoms with van der Waals surface area (Å²) in [4.78, 5) is 34.6. The van der Waals surface area contributed by atoms with Crippen LogP contribution in [0.3, 0.4) is 0 Å². The highest BCUT2D eigenvalue weighted by molar-refractivity contribution is 6.30. The second-order valence-electron chi connectivity index (χ2n) is 8.03. The van der Waals surface area contributed by atoms with Gasteiger partial charge >= 0.3 is 0 Å². The van der Waals surface area contributed by atoms with Crippen molar-refractivity contribution in [2.45, 2.75) is 26.3 Å². The molecule has 7 nitrogen and oxygen atoms in total. The Hall–Kier alpha value is -2.64. The number of amides is 2. The summed E-state index contributed by atoms with van der Waals surface area (Å²) in [5, 5.41) is 6.32. The number of benzene rings is 1. The minimum Gasteiger partial charge on any atom is -0.354 e. The van der Waals surface area contributed by atoms with Gasteiger partial charge in [0.2, 0.25) is 5.91 Å². The van der Waals surface area contributed by atoms with Crippen LogP contribution in [0, 0.1) is 5.92 Å². The molecule has 1 aromatic heterocycles. The molecule has 1 fully saturated rings. The van der Waals surface area contributed by atoms with Crippen LogP contribution in [0.2, 0.25) is 5.02 Å². The maximum atomic E-state index is 13.0. The van der Waals surface area contributed by atoms with Crippen molar-refractivity contribution < 1.29 is 9.59 Å². The SMILES string of the molecule is CC[C@@H](C)[C@@H](NC(=O)c1ccc(Cl)cc1)C(=O)Nc1ccc(N2CCN(C)CC2)nc1. The quantitative estimate of drug-likeness (QED) is 0.686. The lowest BCUT2D eigenvalue weighted by molar-refractivity contribution is -0.119. The number of hydrogen-bond acceptors (Lipinski definition) is 5. The summed E-state index contributed by atoms with van der Waals surface area (Å²) in [5.41, 5.74) is 1.07. The van der Waals surface area contributed by atoms with Gasteiger partial charge < -0.3 is 20.4 Å². The summed E-state index contributed by atoms with van der Waals surface area (Å²) in [6, 6.07) is 9.71. The van der Waals surface area contributed by atoms with Gasteiger partial charge in [0.05, 0.1) is 11.9 Å². The molecule has 31 heavy (non-hydrogen) atoms. The van der Waals surface area contributed by atoms with E-state index in [-0.39, 0.29) is 17.7 Å². The van der Waals surface area contributed by atoms with Gasteiger partial charge in [-0.25, -0.2) is 4.98 Å². The molecular weight excluding hydrogens is 414 g/mol. The van der Waals surface area contributed by atoms with Crippen LogP contribution in [0.5, 0.6) is 0 Å². The Morgan fingerprint density at radius 3 is 2.35 bits per heavy atom. The molecule has 2 heterocycles. The van der Waals surface area contributed by atoms with Gasteiger partial charge in [0.1, 0.15) is 11.9 Å². The van der Waals surface area contributed by atoms with Gasteiger partial charge in [0.15, 0.2) is 0 Å². The van der Waals surface area contributed by atoms with Gasteiger partial charge in [-0.15, -0.1) is 0 Å². The average molecular weight is 444 g/mol. The van der Waals surface area contributed by atoms with Crippen LogP contribution in [0.25, 0.3) is 0 Å². The Labute approximate surface area is 188 Å². The fraction of sp³-hybridized carbons (Fsp3) is 0.435. The Kier molecular flexibility index (Phi) is 7.87. The molecule has 1 aromatic carbocycles. The Bertz CT molecular complexity index is 880. The first-order valence-corrected chi connectivity index (χ1v) is 11.0. The van der Waals surface area contributed by atoms with Crippen LogP contribution < -0.4 is 15.5 Å². The number of likely N-dealkylation sites (N-methyl/N-ethyl adjacent to an activating group) is 1. The Morgan fingerprint density at radius 1 is 1.10 bits per heavy atom. The first-order chi connectivity index (χ1) is 14.9. The topological polar surface area (TPSA) is 77.6 Å². The van der Waals surface area contributed by atoms with E-state index in [1.807, 2.05) is 26.0 Å². The third-order valence-electron chi connectivity index (χ3n) is 5.73. The maximum absolute atomic E-state index is 13.0. The lowest BCUT2D eigenvalue weighted by Gasteiger charge is -2.33. The second-order valence-corrected chi connectivity index (χ2v) is 8.46. The zero-order valence-corrected chi connectivity index (χ0v) is 19.0. The van der Waals surface area contributed by atoms with Gasteiger partial charge in [-0.05, 0) is 49.4 Å². The first kappa shape index (κ1) is 23.0. The normalized spacial score (nSPS) is 16.5. The van der Waals surface area contributed by atoms with E-state index < -0.39 is 6.04 Å². The molecule has 1 saturated heterocycles. The lowest BCUT2D eigenvalue weighted by Crippen LogP contribution is -2.47. The van der Waals surface area contributed by atoms with Crippen LogP contribution in [-0.2, 0) is 4.79 Å². The number of piperazine rings is 1. The van der Waals surface area contributed by atoms with Crippen molar-refractivity contribution >= 4 is 34.9 Å². The molecule has 0 radical (unpaired) electrons. The number of hydrogen-bond donors (Lipinski definition) is 2. The number of nitrogens with one attached hydrogen (secondary N) is 2. The van der Waals surface area contributed by atoms with Gasteiger partial charge in [0, 0.05) is 36.8 Å². The minimum absolute atomic E-state index is 0.0335. The highest BCUT2D eigenvalue weighted by atomic mass is 35.5. The van der Waals surface area contributed by atoms with E-state index in [1.165, 1.54) is 0 Å². The van der Waals surface area contributed by atoms with Crippen molar-refractivity contribution in [1.82, 2.24) is 15.2 Å². The summed E-state index contributed by atoms with van der Waals surface area (Å²) in [6.45, 7) is 7.81. The van der Waals surface area contributed by atoms with Crippen molar-refractivity contribution in [2.75, 3.05) is 43.4 Å². The van der Waals surface area contributed by atoms with E-state index in [1.54, 1.807) is 30.5 Å². The molecular formula is C23H30ClN5O2. The van der Waals surface area contributed by atoms with Crippen LogP contribution >= 0.6 is 11.6 Å². The predicted molar refractivity (Wildman–Crippen MR) is 125 cm³/mol. The smallest absolute Gasteiger partial charge is 0.251 e. The number of carbonyl (C=O) groups excluding carboxylic acids is 2. The zero-order valence-electron chi connectivity index (χ0n) is 18.3. The number of anilines is 2. The molecule has 2 aromatic rings. The average Bonchev–Trinajstić information content (AvgIpc) is 2.78. The van der Waals surface area contributed by atoms with Crippen LogP contribution in [-0.4, -0.2) is 61.0 Å². The Balaban J connectivity index is 1.64. The number of carbonyl (C=O) groups is 2. The third-order valence-corrected chi connectivity index (χ3v) is 5.98. The van der Waals surface area contributed by atoms with E-state index in [2.05, 4.69) is 32.5 Å². The molecule has 166 valence electrons. The van der Waals surface area contributed by atoms with Gasteiger partial charge in [-0.3, -0.25) is 9.59 Å². The number of aromatic nitrogens is 1. The molecule has 1 aliphatic rings. The molecule has 0 aliphatic carbocycles. The largest absolute Gasteiger partial charge is 0.354 e. The Morgan fingerprint density at radius 2 is 1.77 bits per heavy atom. The highest BCUT2D eigenvalue weighted by Crippen LogP contribution is 2.18. The third kappa shape index (κ3) is 6.18. The van der Waals surface area contributed by atoms with Crippen molar-refractivity contribution in [1.29, 1.82) is 0 Å². The molecule has 1 aliphatic heterocycles. The fourth-order valence-electron chi connectivity index (χ4n) is 3.43. The molecule has 0 unspecified atom stereocenters. The van der Waals surface area contributed by atoms with E-state index in [0.717, 1.165) is 38.4 Å². The predicted octanol–water partition coefficient (Wildman–Crippen LogP) is 3.27. The molecule has 2 amide bonds.